The highest BCUT2D eigenvalue weighted by Gasteiger charge is 2.14. The third-order valence-corrected chi connectivity index (χ3v) is 3.15. The number of methoxy groups -OCH3 is 3. The Morgan fingerprint density at radius 2 is 1.30 bits per heavy atom. The average Bonchev–Trinajstić information content (AvgIpc) is 2.60. The number of carbonyl (C=O) groups is 2. The van der Waals surface area contributed by atoms with Crippen LogP contribution in [0.2, 0.25) is 0 Å². The molecule has 2 rings (SSSR count). The maximum atomic E-state index is 11.7. The molecule has 0 aromatic heterocycles. The second-order valence-electron chi connectivity index (χ2n) is 4.64. The van der Waals surface area contributed by atoms with Gasteiger partial charge in [0.2, 0.25) is 0 Å². The Morgan fingerprint density at radius 3 is 1.74 bits per heavy atom. The van der Waals surface area contributed by atoms with Gasteiger partial charge in [-0.15, -0.1) is 0 Å². The van der Waals surface area contributed by atoms with E-state index in [9.17, 15) is 9.59 Å². The summed E-state index contributed by atoms with van der Waals surface area (Å²) in [6.07, 6.45) is 0. The average molecular weight is 315 g/mol. The van der Waals surface area contributed by atoms with Gasteiger partial charge in [-0.05, 0) is 42.5 Å². The minimum absolute atomic E-state index is 0.256. The van der Waals surface area contributed by atoms with E-state index in [4.69, 9.17) is 14.2 Å². The van der Waals surface area contributed by atoms with Crippen LogP contribution in [0.4, 0.5) is 11.4 Å². The van der Waals surface area contributed by atoms with Crippen LogP contribution in [-0.2, 0) is 9.47 Å². The number of esters is 2. The van der Waals surface area contributed by atoms with Crippen LogP contribution in [0.25, 0.3) is 0 Å². The summed E-state index contributed by atoms with van der Waals surface area (Å²) < 4.78 is 14.5. The molecule has 0 amide bonds. The number of benzene rings is 2. The SMILES string of the molecule is COC(=O)c1cc(Nc2ccc(OC)cc2)cc(C(=O)OC)c1. The van der Waals surface area contributed by atoms with Crippen molar-refractivity contribution in [1.29, 1.82) is 0 Å². The fourth-order valence-corrected chi connectivity index (χ4v) is 2.01. The molecule has 0 aliphatic carbocycles. The van der Waals surface area contributed by atoms with Crippen LogP contribution in [-0.4, -0.2) is 33.3 Å². The second kappa shape index (κ2) is 7.31. The molecular formula is C17H17NO5. The van der Waals surface area contributed by atoms with E-state index in [1.54, 1.807) is 31.4 Å². The molecule has 6 heteroatoms. The largest absolute Gasteiger partial charge is 0.497 e. The molecule has 0 heterocycles. The summed E-state index contributed by atoms with van der Waals surface area (Å²) in [4.78, 5) is 23.5. The number of nitrogens with one attached hydrogen (secondary N) is 1. The first-order valence-electron chi connectivity index (χ1n) is 6.80. The van der Waals surface area contributed by atoms with E-state index in [1.807, 2.05) is 12.1 Å². The minimum Gasteiger partial charge on any atom is -0.497 e. The molecule has 0 unspecified atom stereocenters. The lowest BCUT2D eigenvalue weighted by Gasteiger charge is -2.11. The first-order chi connectivity index (χ1) is 11.1. The van der Waals surface area contributed by atoms with E-state index in [1.165, 1.54) is 20.3 Å². The normalized spacial score (nSPS) is 9.87. The van der Waals surface area contributed by atoms with E-state index in [-0.39, 0.29) is 11.1 Å². The van der Waals surface area contributed by atoms with Gasteiger partial charge in [0.1, 0.15) is 5.75 Å². The Bertz CT molecular complexity index is 675. The second-order valence-corrected chi connectivity index (χ2v) is 4.64. The molecule has 23 heavy (non-hydrogen) atoms. The predicted octanol–water partition coefficient (Wildman–Crippen LogP) is 3.01. The first-order valence-corrected chi connectivity index (χ1v) is 6.80. The summed E-state index contributed by atoms with van der Waals surface area (Å²) >= 11 is 0. The molecule has 0 bridgehead atoms. The molecule has 2 aromatic carbocycles. The van der Waals surface area contributed by atoms with Crippen LogP contribution in [0.5, 0.6) is 5.75 Å². The number of rotatable bonds is 5. The molecule has 0 spiro atoms. The minimum atomic E-state index is -0.534. The molecule has 120 valence electrons. The van der Waals surface area contributed by atoms with E-state index in [0.29, 0.717) is 5.69 Å². The number of hydrogen-bond donors (Lipinski definition) is 1. The highest BCUT2D eigenvalue weighted by Crippen LogP contribution is 2.23. The first kappa shape index (κ1) is 16.4. The lowest BCUT2D eigenvalue weighted by molar-refractivity contribution is 0.0599. The van der Waals surface area contributed by atoms with Gasteiger partial charge in [0.05, 0.1) is 32.5 Å². The van der Waals surface area contributed by atoms with Crippen molar-refractivity contribution >= 4 is 23.3 Å². The maximum Gasteiger partial charge on any atom is 0.337 e. The van der Waals surface area contributed by atoms with Crippen LogP contribution < -0.4 is 10.1 Å². The molecule has 2 aromatic rings. The number of anilines is 2. The lowest BCUT2D eigenvalue weighted by atomic mass is 10.1. The quantitative estimate of drug-likeness (QED) is 0.855. The van der Waals surface area contributed by atoms with Gasteiger partial charge < -0.3 is 19.5 Å². The van der Waals surface area contributed by atoms with Gasteiger partial charge in [-0.2, -0.15) is 0 Å². The van der Waals surface area contributed by atoms with Gasteiger partial charge >= 0.3 is 11.9 Å². The van der Waals surface area contributed by atoms with Gasteiger partial charge in [0.25, 0.3) is 0 Å². The molecule has 0 atom stereocenters. The van der Waals surface area contributed by atoms with Crippen molar-refractivity contribution in [3.05, 3.63) is 53.6 Å². The monoisotopic (exact) mass is 315 g/mol. The molecule has 0 saturated carbocycles. The Balaban J connectivity index is 2.35. The Hall–Kier alpha value is -3.02. The third kappa shape index (κ3) is 4.00. The molecule has 0 radical (unpaired) electrons. The van der Waals surface area contributed by atoms with Gasteiger partial charge in [-0.25, -0.2) is 9.59 Å². The summed E-state index contributed by atoms with van der Waals surface area (Å²) in [5.74, 6) is -0.337. The maximum absolute atomic E-state index is 11.7. The summed E-state index contributed by atoms with van der Waals surface area (Å²) in [6.45, 7) is 0. The van der Waals surface area contributed by atoms with E-state index >= 15 is 0 Å². The lowest BCUT2D eigenvalue weighted by Crippen LogP contribution is -2.07. The molecule has 0 fully saturated rings. The number of hydrogen-bond acceptors (Lipinski definition) is 6. The zero-order chi connectivity index (χ0) is 16.8. The fraction of sp³-hybridized carbons (Fsp3) is 0.176. The summed E-state index contributed by atoms with van der Waals surface area (Å²) in [6, 6.07) is 11.9. The Kier molecular flexibility index (Phi) is 5.19. The fourth-order valence-electron chi connectivity index (χ4n) is 2.01. The van der Waals surface area contributed by atoms with E-state index in [0.717, 1.165) is 11.4 Å². The van der Waals surface area contributed by atoms with E-state index in [2.05, 4.69) is 5.32 Å². The van der Waals surface area contributed by atoms with Gasteiger partial charge in [-0.3, -0.25) is 0 Å². The number of ether oxygens (including phenoxy) is 3. The zero-order valence-electron chi connectivity index (χ0n) is 13.1. The van der Waals surface area contributed by atoms with Gasteiger partial charge in [0, 0.05) is 11.4 Å². The van der Waals surface area contributed by atoms with Gasteiger partial charge in [0.15, 0.2) is 0 Å². The zero-order valence-corrected chi connectivity index (χ0v) is 13.1. The smallest absolute Gasteiger partial charge is 0.337 e. The van der Waals surface area contributed by atoms with Crippen molar-refractivity contribution in [3.63, 3.8) is 0 Å². The number of carbonyl (C=O) groups excluding carboxylic acids is 2. The molecule has 0 saturated heterocycles. The summed E-state index contributed by atoms with van der Waals surface area (Å²) in [5.41, 5.74) is 1.86. The summed E-state index contributed by atoms with van der Waals surface area (Å²) in [7, 11) is 4.15. The van der Waals surface area contributed by atoms with Crippen molar-refractivity contribution in [3.8, 4) is 5.75 Å². The van der Waals surface area contributed by atoms with Crippen molar-refractivity contribution in [1.82, 2.24) is 0 Å². The van der Waals surface area contributed by atoms with Crippen molar-refractivity contribution in [2.75, 3.05) is 26.6 Å². The molecular weight excluding hydrogens is 298 g/mol. The van der Waals surface area contributed by atoms with Crippen molar-refractivity contribution in [2.45, 2.75) is 0 Å². The molecule has 1 N–H and O–H groups in total. The topological polar surface area (TPSA) is 73.9 Å². The van der Waals surface area contributed by atoms with Crippen LogP contribution in [0.1, 0.15) is 20.7 Å². The standard InChI is InChI=1S/C17H17NO5/c1-21-15-6-4-13(5-7-15)18-14-9-11(16(19)22-2)8-12(10-14)17(20)23-3/h4-10,18H,1-3H3. The van der Waals surface area contributed by atoms with Crippen LogP contribution in [0, 0.1) is 0 Å². The highest BCUT2D eigenvalue weighted by atomic mass is 16.5. The molecule has 0 aliphatic rings. The van der Waals surface area contributed by atoms with Crippen molar-refractivity contribution < 1.29 is 23.8 Å². The molecule has 6 nitrogen and oxygen atoms in total. The molecule has 0 aliphatic heterocycles. The Labute approximate surface area is 134 Å². The third-order valence-electron chi connectivity index (χ3n) is 3.15. The van der Waals surface area contributed by atoms with Crippen LogP contribution >= 0.6 is 0 Å². The van der Waals surface area contributed by atoms with Crippen molar-refractivity contribution in [2.24, 2.45) is 0 Å². The van der Waals surface area contributed by atoms with E-state index < -0.39 is 11.9 Å². The van der Waals surface area contributed by atoms with Gasteiger partial charge in [-0.1, -0.05) is 0 Å². The Morgan fingerprint density at radius 1 is 0.783 bits per heavy atom. The predicted molar refractivity (Wildman–Crippen MR) is 85.4 cm³/mol. The van der Waals surface area contributed by atoms with Crippen LogP contribution in [0.15, 0.2) is 42.5 Å². The summed E-state index contributed by atoms with van der Waals surface area (Å²) in [5, 5.41) is 3.12. The van der Waals surface area contributed by atoms with Crippen LogP contribution in [0.3, 0.4) is 0 Å². The highest BCUT2D eigenvalue weighted by molar-refractivity contribution is 5.97.